The van der Waals surface area contributed by atoms with Gasteiger partial charge >= 0.3 is 0 Å². The summed E-state index contributed by atoms with van der Waals surface area (Å²) in [5.41, 5.74) is 2.06. The number of nitrogens with one attached hydrogen (secondary N) is 1. The molecule has 2 aromatic carbocycles. The maximum atomic E-state index is 11.4. The Kier molecular flexibility index (Phi) is 4.62. The highest BCUT2D eigenvalue weighted by molar-refractivity contribution is 6.32. The molecule has 0 unspecified atom stereocenters. The number of nitrogens with zero attached hydrogens (tertiary/aromatic N) is 5. The van der Waals surface area contributed by atoms with Crippen LogP contribution in [0.15, 0.2) is 36.4 Å². The number of halogens is 1. The standard InChI is InChI=1S/C17H13ClN6O4/c18-13-8-11(24(26)27)2-5-15(13)23-16(20-21-22-23)9-28-12-3-4-14-10(7-12)1-6-17(25)19-14/h2-5,7-8H,1,6,9H2,(H,19,25). The molecule has 0 radical (unpaired) electrons. The van der Waals surface area contributed by atoms with E-state index in [0.717, 1.165) is 11.3 Å². The zero-order valence-electron chi connectivity index (χ0n) is 14.3. The normalized spacial score (nSPS) is 13.0. The van der Waals surface area contributed by atoms with Crippen LogP contribution in [0.1, 0.15) is 17.8 Å². The molecule has 3 aromatic rings. The Bertz CT molecular complexity index is 1080. The Morgan fingerprint density at radius 2 is 2.11 bits per heavy atom. The molecule has 0 bridgehead atoms. The van der Waals surface area contributed by atoms with Crippen LogP contribution in [0.2, 0.25) is 5.02 Å². The van der Waals surface area contributed by atoms with E-state index in [2.05, 4.69) is 20.8 Å². The number of hydrogen-bond acceptors (Lipinski definition) is 7. The third-order valence-corrected chi connectivity index (χ3v) is 4.55. The van der Waals surface area contributed by atoms with Gasteiger partial charge in [0.15, 0.2) is 5.82 Å². The van der Waals surface area contributed by atoms with E-state index in [1.807, 2.05) is 6.07 Å². The third kappa shape index (κ3) is 3.49. The minimum atomic E-state index is -0.530. The predicted molar refractivity (Wildman–Crippen MR) is 98.5 cm³/mol. The Morgan fingerprint density at radius 3 is 2.89 bits per heavy atom. The first-order chi connectivity index (χ1) is 13.5. The SMILES string of the molecule is O=C1CCc2cc(OCc3nnnn3-c3ccc([N+](=O)[O-])cc3Cl)ccc2N1. The molecule has 11 heteroatoms. The van der Waals surface area contributed by atoms with Gasteiger partial charge in [0.25, 0.3) is 5.69 Å². The van der Waals surface area contributed by atoms with Gasteiger partial charge in [-0.25, -0.2) is 0 Å². The molecule has 1 aromatic heterocycles. The number of aromatic nitrogens is 4. The number of carbonyl (C=O) groups excluding carboxylic acids is 1. The first-order valence-electron chi connectivity index (χ1n) is 8.28. The highest BCUT2D eigenvalue weighted by atomic mass is 35.5. The topological polar surface area (TPSA) is 125 Å². The largest absolute Gasteiger partial charge is 0.486 e. The monoisotopic (exact) mass is 400 g/mol. The number of anilines is 1. The number of hydrogen-bond donors (Lipinski definition) is 1. The van der Waals surface area contributed by atoms with Crippen molar-refractivity contribution in [1.29, 1.82) is 0 Å². The number of nitro groups is 1. The number of rotatable bonds is 5. The van der Waals surface area contributed by atoms with Gasteiger partial charge in [-0.15, -0.1) is 5.10 Å². The van der Waals surface area contributed by atoms with Crippen LogP contribution in [0.3, 0.4) is 0 Å². The Labute approximate surface area is 163 Å². The fourth-order valence-electron chi connectivity index (χ4n) is 2.86. The van der Waals surface area contributed by atoms with E-state index in [1.165, 1.54) is 22.9 Å². The minimum absolute atomic E-state index is 0.000297. The summed E-state index contributed by atoms with van der Waals surface area (Å²) in [6.45, 7) is 0.0610. The second-order valence-corrected chi connectivity index (χ2v) is 6.46. The average Bonchev–Trinajstić information content (AvgIpc) is 3.14. The lowest BCUT2D eigenvalue weighted by Gasteiger charge is -2.17. The van der Waals surface area contributed by atoms with E-state index in [9.17, 15) is 14.9 Å². The summed E-state index contributed by atoms with van der Waals surface area (Å²) in [4.78, 5) is 21.8. The maximum Gasteiger partial charge on any atom is 0.271 e. The van der Waals surface area contributed by atoms with Gasteiger partial charge in [-0.05, 0) is 46.7 Å². The van der Waals surface area contributed by atoms with Crippen molar-refractivity contribution in [2.45, 2.75) is 19.4 Å². The number of ether oxygens (including phenoxy) is 1. The van der Waals surface area contributed by atoms with E-state index >= 15 is 0 Å². The molecule has 0 spiro atoms. The predicted octanol–water partition coefficient (Wildman–Crippen LogP) is 2.69. The highest BCUT2D eigenvalue weighted by Crippen LogP contribution is 2.28. The number of non-ortho nitro benzene ring substituents is 1. The number of benzene rings is 2. The lowest BCUT2D eigenvalue weighted by Crippen LogP contribution is -2.18. The molecular weight excluding hydrogens is 388 g/mol. The lowest BCUT2D eigenvalue weighted by atomic mass is 10.0. The second-order valence-electron chi connectivity index (χ2n) is 6.06. The molecule has 0 fully saturated rings. The van der Waals surface area contributed by atoms with Gasteiger partial charge in [0, 0.05) is 24.2 Å². The van der Waals surface area contributed by atoms with Crippen LogP contribution >= 0.6 is 11.6 Å². The van der Waals surface area contributed by atoms with Gasteiger partial charge in [-0.3, -0.25) is 14.9 Å². The van der Waals surface area contributed by atoms with Crippen molar-refractivity contribution in [1.82, 2.24) is 20.2 Å². The quantitative estimate of drug-likeness (QED) is 0.515. The zero-order valence-corrected chi connectivity index (χ0v) is 15.1. The third-order valence-electron chi connectivity index (χ3n) is 4.24. The molecule has 0 saturated heterocycles. The molecule has 2 heterocycles. The molecule has 1 N–H and O–H groups in total. The van der Waals surface area contributed by atoms with Crippen molar-refractivity contribution in [3.8, 4) is 11.4 Å². The van der Waals surface area contributed by atoms with Crippen LogP contribution in [0.25, 0.3) is 5.69 Å². The summed E-state index contributed by atoms with van der Waals surface area (Å²) in [6.07, 6.45) is 1.09. The second kappa shape index (κ2) is 7.24. The molecule has 0 aliphatic carbocycles. The molecular formula is C17H13ClN6O4. The number of amides is 1. The Hall–Kier alpha value is -3.53. The molecule has 142 valence electrons. The Balaban J connectivity index is 1.53. The summed E-state index contributed by atoms with van der Waals surface area (Å²) in [7, 11) is 0. The summed E-state index contributed by atoms with van der Waals surface area (Å²) in [6, 6.07) is 9.44. The maximum absolute atomic E-state index is 11.4. The van der Waals surface area contributed by atoms with E-state index in [-0.39, 0.29) is 23.2 Å². The number of carbonyl (C=O) groups is 1. The van der Waals surface area contributed by atoms with Crippen LogP contribution in [0.4, 0.5) is 11.4 Å². The first-order valence-corrected chi connectivity index (χ1v) is 8.66. The van der Waals surface area contributed by atoms with Gasteiger partial charge in [0.1, 0.15) is 12.4 Å². The van der Waals surface area contributed by atoms with E-state index in [4.69, 9.17) is 16.3 Å². The molecule has 1 aliphatic rings. The van der Waals surface area contributed by atoms with Gasteiger partial charge in [0.05, 0.1) is 15.6 Å². The van der Waals surface area contributed by atoms with Crippen molar-refractivity contribution in [2.24, 2.45) is 0 Å². The summed E-state index contributed by atoms with van der Waals surface area (Å²) in [5.74, 6) is 0.987. The Morgan fingerprint density at radius 1 is 1.25 bits per heavy atom. The van der Waals surface area contributed by atoms with Gasteiger partial charge in [-0.1, -0.05) is 11.6 Å². The average molecular weight is 401 g/mol. The van der Waals surface area contributed by atoms with Crippen LogP contribution in [-0.2, 0) is 17.8 Å². The molecule has 1 aliphatic heterocycles. The highest BCUT2D eigenvalue weighted by Gasteiger charge is 2.17. The van der Waals surface area contributed by atoms with Crippen molar-refractivity contribution in [3.63, 3.8) is 0 Å². The van der Waals surface area contributed by atoms with E-state index in [1.54, 1.807) is 12.1 Å². The number of fused-ring (bicyclic) bond motifs is 1. The molecule has 4 rings (SSSR count). The fourth-order valence-corrected chi connectivity index (χ4v) is 3.12. The van der Waals surface area contributed by atoms with Crippen LogP contribution in [0.5, 0.6) is 5.75 Å². The molecule has 0 atom stereocenters. The molecule has 28 heavy (non-hydrogen) atoms. The van der Waals surface area contributed by atoms with Gasteiger partial charge < -0.3 is 10.1 Å². The van der Waals surface area contributed by atoms with Gasteiger partial charge in [-0.2, -0.15) is 4.68 Å². The van der Waals surface area contributed by atoms with Crippen molar-refractivity contribution < 1.29 is 14.5 Å². The number of tetrazole rings is 1. The van der Waals surface area contributed by atoms with Crippen molar-refractivity contribution in [2.75, 3.05) is 5.32 Å². The van der Waals surface area contributed by atoms with E-state index in [0.29, 0.717) is 30.1 Å². The van der Waals surface area contributed by atoms with Gasteiger partial charge in [0.2, 0.25) is 5.91 Å². The summed E-state index contributed by atoms with van der Waals surface area (Å²) in [5, 5.41) is 25.3. The molecule has 0 saturated carbocycles. The minimum Gasteiger partial charge on any atom is -0.486 e. The van der Waals surface area contributed by atoms with Crippen molar-refractivity contribution in [3.05, 3.63) is 62.9 Å². The smallest absolute Gasteiger partial charge is 0.271 e. The van der Waals surface area contributed by atoms with Crippen molar-refractivity contribution >= 4 is 28.9 Å². The van der Waals surface area contributed by atoms with Crippen LogP contribution < -0.4 is 10.1 Å². The van der Waals surface area contributed by atoms with Crippen LogP contribution in [0, 0.1) is 10.1 Å². The zero-order chi connectivity index (χ0) is 19.7. The number of aryl methyl sites for hydroxylation is 1. The summed E-state index contributed by atoms with van der Waals surface area (Å²) < 4.78 is 7.15. The van der Waals surface area contributed by atoms with E-state index < -0.39 is 4.92 Å². The lowest BCUT2D eigenvalue weighted by molar-refractivity contribution is -0.384. The summed E-state index contributed by atoms with van der Waals surface area (Å²) >= 11 is 6.15. The fraction of sp³-hybridized carbons (Fsp3) is 0.176. The number of nitro benzene ring substituents is 1. The van der Waals surface area contributed by atoms with Crippen LogP contribution in [-0.4, -0.2) is 31.0 Å². The molecule has 10 nitrogen and oxygen atoms in total. The first kappa shape index (κ1) is 17.9. The molecule has 1 amide bonds.